The normalized spacial score (nSPS) is 12.1. The first-order valence-electron chi connectivity index (χ1n) is 8.15. The van der Waals surface area contributed by atoms with Gasteiger partial charge < -0.3 is 9.13 Å². The maximum absolute atomic E-state index is 13.4. The lowest BCUT2D eigenvalue weighted by atomic mass is 10.3. The van der Waals surface area contributed by atoms with Gasteiger partial charge in [-0.1, -0.05) is 6.92 Å². The summed E-state index contributed by atoms with van der Waals surface area (Å²) in [4.78, 5) is 22.3. The quantitative estimate of drug-likeness (QED) is 0.529. The minimum absolute atomic E-state index is 0.00620. The Morgan fingerprint density at radius 1 is 1.26 bits per heavy atom. The van der Waals surface area contributed by atoms with Crippen molar-refractivity contribution in [1.29, 1.82) is 0 Å². The summed E-state index contributed by atoms with van der Waals surface area (Å²) >= 11 is 4.91. The van der Waals surface area contributed by atoms with Gasteiger partial charge in [0, 0.05) is 29.2 Å². The van der Waals surface area contributed by atoms with Gasteiger partial charge in [-0.05, 0) is 40.7 Å². The number of thioether (sulfide) groups is 1. The third-order valence-corrected chi connectivity index (χ3v) is 5.42. The second-order valence-electron chi connectivity index (χ2n) is 5.74. The van der Waals surface area contributed by atoms with Crippen molar-refractivity contribution in [3.8, 4) is 11.5 Å². The van der Waals surface area contributed by atoms with Crippen LogP contribution >= 0.6 is 27.7 Å². The molecule has 0 saturated carbocycles. The predicted octanol–water partition coefficient (Wildman–Crippen LogP) is 4.71. The van der Waals surface area contributed by atoms with Crippen molar-refractivity contribution in [3.63, 3.8) is 0 Å². The van der Waals surface area contributed by atoms with Gasteiger partial charge in [0.1, 0.15) is 16.9 Å². The lowest BCUT2D eigenvalue weighted by Crippen LogP contribution is -2.28. The van der Waals surface area contributed by atoms with Crippen molar-refractivity contribution in [2.24, 2.45) is 7.05 Å². The molecule has 0 radical (unpaired) electrons. The average molecular weight is 461 g/mol. The minimum Gasteiger partial charge on any atom is -0.321 e. The fourth-order valence-corrected chi connectivity index (χ4v) is 4.22. The molecule has 5 nitrogen and oxygen atoms in total. The molecule has 0 N–H and O–H groups in total. The molecule has 0 aromatic carbocycles. The number of imidazole rings is 1. The van der Waals surface area contributed by atoms with Crippen LogP contribution in [0, 0.1) is 0 Å². The number of aryl methyl sites for hydroxylation is 1. The van der Waals surface area contributed by atoms with Crippen molar-refractivity contribution in [2.75, 3.05) is 5.75 Å². The van der Waals surface area contributed by atoms with Crippen LogP contribution in [0.25, 0.3) is 22.6 Å². The van der Waals surface area contributed by atoms with E-state index in [1.807, 2.05) is 13.0 Å². The van der Waals surface area contributed by atoms with Gasteiger partial charge in [0.05, 0.1) is 5.52 Å². The molecule has 0 bridgehead atoms. The summed E-state index contributed by atoms with van der Waals surface area (Å²) < 4.78 is 43.1. The number of hydrogen-bond donors (Lipinski definition) is 0. The summed E-state index contributed by atoms with van der Waals surface area (Å²) in [7, 11) is 1.61. The standard InChI is InChI=1S/C17H16BrF3N4OS/c1-4-25-12(17(19,20)21)7-10-14(16(25)26)24(3)15(23-10)13-11(27-5-2)6-9(18)8-22-13/h6-8H,4-5H2,1-3H3. The summed E-state index contributed by atoms with van der Waals surface area (Å²) in [6.45, 7) is 3.41. The maximum atomic E-state index is 13.4. The van der Waals surface area contributed by atoms with Crippen LogP contribution in [0.4, 0.5) is 13.2 Å². The van der Waals surface area contributed by atoms with Crippen molar-refractivity contribution in [2.45, 2.75) is 31.5 Å². The van der Waals surface area contributed by atoms with Crippen molar-refractivity contribution in [3.05, 3.63) is 38.9 Å². The van der Waals surface area contributed by atoms with E-state index in [9.17, 15) is 18.0 Å². The van der Waals surface area contributed by atoms with Crippen LogP contribution in [0.1, 0.15) is 19.5 Å². The highest BCUT2D eigenvalue weighted by molar-refractivity contribution is 9.10. The minimum atomic E-state index is -4.64. The summed E-state index contributed by atoms with van der Waals surface area (Å²) in [6.07, 6.45) is -3.04. The third kappa shape index (κ3) is 3.52. The molecule has 3 aromatic rings. The van der Waals surface area contributed by atoms with Gasteiger partial charge in [0.2, 0.25) is 0 Å². The van der Waals surface area contributed by atoms with Gasteiger partial charge in [0.15, 0.2) is 5.82 Å². The second-order valence-corrected chi connectivity index (χ2v) is 7.96. The Kier molecular flexibility index (Phi) is 5.40. The lowest BCUT2D eigenvalue weighted by molar-refractivity contribution is -0.144. The van der Waals surface area contributed by atoms with E-state index in [-0.39, 0.29) is 17.6 Å². The van der Waals surface area contributed by atoms with Gasteiger partial charge in [-0.15, -0.1) is 11.8 Å². The molecule has 0 unspecified atom stereocenters. The first-order valence-corrected chi connectivity index (χ1v) is 9.93. The van der Waals surface area contributed by atoms with Crippen molar-refractivity contribution in [1.82, 2.24) is 19.1 Å². The molecule has 0 spiro atoms. The Morgan fingerprint density at radius 3 is 2.56 bits per heavy atom. The molecular formula is C17H16BrF3N4OS. The van der Waals surface area contributed by atoms with E-state index in [2.05, 4.69) is 25.9 Å². The van der Waals surface area contributed by atoms with Crippen LogP contribution in [0.15, 0.2) is 32.5 Å². The second kappa shape index (κ2) is 7.31. The van der Waals surface area contributed by atoms with E-state index >= 15 is 0 Å². The predicted molar refractivity (Wildman–Crippen MR) is 103 cm³/mol. The van der Waals surface area contributed by atoms with Gasteiger partial charge >= 0.3 is 6.18 Å². The molecule has 3 rings (SSSR count). The number of fused-ring (bicyclic) bond motifs is 1. The number of halogens is 4. The smallest absolute Gasteiger partial charge is 0.321 e. The van der Waals surface area contributed by atoms with Crippen LogP contribution < -0.4 is 5.56 Å². The molecule has 0 aliphatic rings. The average Bonchev–Trinajstić information content (AvgIpc) is 2.91. The van der Waals surface area contributed by atoms with E-state index in [0.29, 0.717) is 11.5 Å². The zero-order valence-corrected chi connectivity index (χ0v) is 17.2. The number of aromatic nitrogens is 4. The number of pyridine rings is 2. The van der Waals surface area contributed by atoms with E-state index in [1.165, 1.54) is 23.3 Å². The molecule has 27 heavy (non-hydrogen) atoms. The molecule has 0 atom stereocenters. The molecule has 144 valence electrons. The number of hydrogen-bond acceptors (Lipinski definition) is 4. The van der Waals surface area contributed by atoms with Gasteiger partial charge in [0.25, 0.3) is 5.56 Å². The molecule has 3 aromatic heterocycles. The van der Waals surface area contributed by atoms with Crippen LogP contribution in [0.3, 0.4) is 0 Å². The van der Waals surface area contributed by atoms with E-state index < -0.39 is 17.4 Å². The summed E-state index contributed by atoms with van der Waals surface area (Å²) in [5.74, 6) is 1.14. The molecule has 0 aliphatic heterocycles. The Balaban J connectivity index is 2.34. The molecule has 10 heteroatoms. The Labute approximate surface area is 165 Å². The maximum Gasteiger partial charge on any atom is 0.431 e. The zero-order chi connectivity index (χ0) is 19.9. The van der Waals surface area contributed by atoms with E-state index in [0.717, 1.165) is 25.8 Å². The molecule has 3 heterocycles. The molecule has 0 aliphatic carbocycles. The van der Waals surface area contributed by atoms with Crippen LogP contribution in [-0.4, -0.2) is 24.9 Å². The number of rotatable bonds is 4. The topological polar surface area (TPSA) is 52.7 Å². The van der Waals surface area contributed by atoms with Crippen LogP contribution in [0.5, 0.6) is 0 Å². The van der Waals surface area contributed by atoms with Gasteiger partial charge in [-0.3, -0.25) is 9.78 Å². The SMILES string of the molecule is CCSc1cc(Br)cnc1-c1nc2cc(C(F)(F)F)n(CC)c(=O)c2n1C. The zero-order valence-electron chi connectivity index (χ0n) is 14.8. The Hall–Kier alpha value is -1.81. The van der Waals surface area contributed by atoms with Crippen molar-refractivity contribution >= 4 is 38.7 Å². The molecule has 0 saturated heterocycles. The summed E-state index contributed by atoms with van der Waals surface area (Å²) in [5.41, 5.74) is -1.06. The summed E-state index contributed by atoms with van der Waals surface area (Å²) in [5, 5.41) is 0. The van der Waals surface area contributed by atoms with Gasteiger partial charge in [-0.2, -0.15) is 13.2 Å². The Bertz CT molecular complexity index is 1070. The summed E-state index contributed by atoms with van der Waals surface area (Å²) in [6, 6.07) is 2.80. The molecule has 0 amide bonds. The fraction of sp³-hybridized carbons (Fsp3) is 0.353. The first-order chi connectivity index (χ1) is 12.7. The van der Waals surface area contributed by atoms with E-state index in [4.69, 9.17) is 0 Å². The number of nitrogens with zero attached hydrogens (tertiary/aromatic N) is 4. The van der Waals surface area contributed by atoms with Gasteiger partial charge in [-0.25, -0.2) is 4.98 Å². The van der Waals surface area contributed by atoms with Crippen LogP contribution in [0.2, 0.25) is 0 Å². The fourth-order valence-electron chi connectivity index (χ4n) is 2.93. The third-order valence-electron chi connectivity index (χ3n) is 4.07. The first kappa shape index (κ1) is 19.9. The highest BCUT2D eigenvalue weighted by Gasteiger charge is 2.35. The molecule has 0 fully saturated rings. The Morgan fingerprint density at radius 2 is 1.96 bits per heavy atom. The van der Waals surface area contributed by atoms with E-state index in [1.54, 1.807) is 13.2 Å². The highest BCUT2D eigenvalue weighted by Crippen LogP contribution is 2.34. The highest BCUT2D eigenvalue weighted by atomic mass is 79.9. The number of alkyl halides is 3. The monoisotopic (exact) mass is 460 g/mol. The van der Waals surface area contributed by atoms with Crippen LogP contribution in [-0.2, 0) is 19.8 Å². The molecular weight excluding hydrogens is 445 g/mol. The lowest BCUT2D eigenvalue weighted by Gasteiger charge is -2.14. The van der Waals surface area contributed by atoms with Crippen molar-refractivity contribution < 1.29 is 13.2 Å². The largest absolute Gasteiger partial charge is 0.431 e.